The van der Waals surface area contributed by atoms with Crippen molar-refractivity contribution in [2.45, 2.75) is 25.6 Å². The molecule has 1 rings (SSSR count). The number of aromatic nitrogens is 1. The van der Waals surface area contributed by atoms with Crippen molar-refractivity contribution in [3.05, 3.63) is 33.7 Å². The van der Waals surface area contributed by atoms with Crippen LogP contribution in [0.25, 0.3) is 0 Å². The highest BCUT2D eigenvalue weighted by Crippen LogP contribution is 2.29. The van der Waals surface area contributed by atoms with E-state index in [1.807, 2.05) is 5.32 Å². The average Bonchev–Trinajstić information content (AvgIpc) is 2.24. The summed E-state index contributed by atoms with van der Waals surface area (Å²) >= 11 is 0. The van der Waals surface area contributed by atoms with Crippen LogP contribution in [0, 0.1) is 6.92 Å². The van der Waals surface area contributed by atoms with Gasteiger partial charge in [-0.15, -0.1) is 0 Å². The maximum absolute atomic E-state index is 12.3. The van der Waals surface area contributed by atoms with Crippen molar-refractivity contribution in [1.29, 1.82) is 0 Å². The maximum Gasteiger partial charge on any atom is 0.418 e. The number of amides is 1. The zero-order valence-corrected chi connectivity index (χ0v) is 10.3. The van der Waals surface area contributed by atoms with Gasteiger partial charge in [0.05, 0.1) is 6.54 Å². The van der Waals surface area contributed by atoms with Gasteiger partial charge in [-0.25, -0.2) is 0 Å². The fourth-order valence-electron chi connectivity index (χ4n) is 1.20. The number of nitrogens with one attached hydrogen (secondary N) is 2. The van der Waals surface area contributed by atoms with Crippen LogP contribution < -0.4 is 10.9 Å². The summed E-state index contributed by atoms with van der Waals surface area (Å²) < 4.78 is 37.0. The second-order valence-electron chi connectivity index (χ2n) is 4.34. The lowest BCUT2D eigenvalue weighted by molar-refractivity contribution is -0.249. The third kappa shape index (κ3) is 3.57. The van der Waals surface area contributed by atoms with Gasteiger partial charge in [-0.05, 0) is 26.0 Å². The van der Waals surface area contributed by atoms with E-state index >= 15 is 0 Å². The molecular formula is C11H13F3N2O3. The minimum absolute atomic E-state index is 0.316. The summed E-state index contributed by atoms with van der Waals surface area (Å²) in [6.07, 6.45) is -4.88. The molecule has 5 nitrogen and oxygen atoms in total. The highest BCUT2D eigenvalue weighted by Gasteiger charge is 2.49. The van der Waals surface area contributed by atoms with E-state index in [9.17, 15) is 22.8 Å². The number of halogens is 3. The summed E-state index contributed by atoms with van der Waals surface area (Å²) in [5.74, 6) is -0.981. The number of aryl methyl sites for hydroxylation is 1. The molecule has 106 valence electrons. The van der Waals surface area contributed by atoms with E-state index in [1.54, 1.807) is 6.92 Å². The first-order valence-electron chi connectivity index (χ1n) is 5.32. The lowest BCUT2D eigenvalue weighted by Crippen LogP contribution is -2.51. The molecule has 1 aromatic rings. The Morgan fingerprint density at radius 3 is 2.47 bits per heavy atom. The highest BCUT2D eigenvalue weighted by molar-refractivity contribution is 5.93. The first-order chi connectivity index (χ1) is 8.54. The molecule has 1 atom stereocenters. The van der Waals surface area contributed by atoms with E-state index in [4.69, 9.17) is 5.11 Å². The van der Waals surface area contributed by atoms with E-state index in [1.165, 1.54) is 12.1 Å². The lowest BCUT2D eigenvalue weighted by atomic mass is 10.1. The second-order valence-corrected chi connectivity index (χ2v) is 4.34. The molecule has 19 heavy (non-hydrogen) atoms. The number of pyridine rings is 1. The summed E-state index contributed by atoms with van der Waals surface area (Å²) in [5.41, 5.74) is -3.56. The molecule has 0 aliphatic rings. The number of carbonyl (C=O) groups excluding carboxylic acids is 1. The van der Waals surface area contributed by atoms with E-state index in [2.05, 4.69) is 4.98 Å². The number of hydrogen-bond donors (Lipinski definition) is 3. The van der Waals surface area contributed by atoms with Gasteiger partial charge < -0.3 is 15.4 Å². The van der Waals surface area contributed by atoms with Crippen molar-refractivity contribution in [1.82, 2.24) is 10.3 Å². The van der Waals surface area contributed by atoms with Crippen molar-refractivity contribution in [2.24, 2.45) is 0 Å². The smallest absolute Gasteiger partial charge is 0.379 e. The number of carbonyl (C=O) groups is 1. The van der Waals surface area contributed by atoms with Gasteiger partial charge in [0.2, 0.25) is 0 Å². The van der Waals surface area contributed by atoms with Gasteiger partial charge in [-0.3, -0.25) is 9.59 Å². The van der Waals surface area contributed by atoms with Gasteiger partial charge in [0.15, 0.2) is 5.60 Å². The lowest BCUT2D eigenvalue weighted by Gasteiger charge is -2.26. The first-order valence-corrected chi connectivity index (χ1v) is 5.32. The number of H-pyrrole nitrogens is 1. The van der Waals surface area contributed by atoms with Crippen molar-refractivity contribution >= 4 is 5.91 Å². The molecule has 0 aliphatic heterocycles. The molecule has 1 heterocycles. The molecule has 0 fully saturated rings. The molecule has 0 spiro atoms. The molecule has 1 amide bonds. The maximum atomic E-state index is 12.3. The van der Waals surface area contributed by atoms with Gasteiger partial charge in [0.25, 0.3) is 11.5 Å². The fraction of sp³-hybridized carbons (Fsp3) is 0.455. The second kappa shape index (κ2) is 5.04. The van der Waals surface area contributed by atoms with Crippen molar-refractivity contribution < 1.29 is 23.1 Å². The Kier molecular flexibility index (Phi) is 4.04. The molecular weight excluding hydrogens is 265 g/mol. The van der Waals surface area contributed by atoms with E-state index in [0.29, 0.717) is 12.6 Å². The fourth-order valence-corrected chi connectivity index (χ4v) is 1.20. The number of alkyl halides is 3. The molecule has 8 heteroatoms. The average molecular weight is 278 g/mol. The van der Waals surface area contributed by atoms with Crippen molar-refractivity contribution in [2.75, 3.05) is 6.54 Å². The van der Waals surface area contributed by atoms with Crippen molar-refractivity contribution in [3.63, 3.8) is 0 Å². The Morgan fingerprint density at radius 2 is 2.00 bits per heavy atom. The quantitative estimate of drug-likeness (QED) is 0.762. The normalized spacial score (nSPS) is 14.8. The Labute approximate surface area is 106 Å². The van der Waals surface area contributed by atoms with Crippen LogP contribution in [-0.2, 0) is 0 Å². The van der Waals surface area contributed by atoms with Crippen LogP contribution in [-0.4, -0.2) is 34.3 Å². The monoisotopic (exact) mass is 278 g/mol. The highest BCUT2D eigenvalue weighted by atomic mass is 19.4. The Bertz CT molecular complexity index is 535. The van der Waals surface area contributed by atoms with E-state index < -0.39 is 29.8 Å². The molecule has 1 unspecified atom stereocenters. The van der Waals surface area contributed by atoms with Crippen LogP contribution in [0.15, 0.2) is 16.9 Å². The summed E-state index contributed by atoms with van der Waals surface area (Å²) in [4.78, 5) is 25.3. The Morgan fingerprint density at radius 1 is 1.42 bits per heavy atom. The minimum Gasteiger partial charge on any atom is -0.379 e. The summed E-state index contributed by atoms with van der Waals surface area (Å²) in [6, 6.07) is 2.64. The van der Waals surface area contributed by atoms with Crippen molar-refractivity contribution in [3.8, 4) is 0 Å². The molecule has 0 radical (unpaired) electrons. The summed E-state index contributed by atoms with van der Waals surface area (Å²) in [6.45, 7) is 1.09. The third-order valence-electron chi connectivity index (χ3n) is 2.50. The van der Waals surface area contributed by atoms with E-state index in [0.717, 1.165) is 0 Å². The zero-order chi connectivity index (χ0) is 14.8. The molecule has 0 saturated heterocycles. The number of hydrogen-bond acceptors (Lipinski definition) is 3. The molecule has 0 bridgehead atoms. The third-order valence-corrected chi connectivity index (χ3v) is 2.50. The van der Waals surface area contributed by atoms with Crippen LogP contribution in [0.1, 0.15) is 23.0 Å². The van der Waals surface area contributed by atoms with Crippen LogP contribution in [0.4, 0.5) is 13.2 Å². The largest absolute Gasteiger partial charge is 0.418 e. The van der Waals surface area contributed by atoms with E-state index in [-0.39, 0.29) is 5.56 Å². The standard InChI is InChI=1S/C11H13F3N2O3/c1-6-3-4-7(9(18)16-6)8(17)15-5-10(2,19)11(12,13)14/h3-4,19H,5H2,1-2H3,(H,15,17)(H,16,18). The zero-order valence-electron chi connectivity index (χ0n) is 10.3. The number of rotatable bonds is 3. The Balaban J connectivity index is 2.79. The predicted molar refractivity (Wildman–Crippen MR) is 60.8 cm³/mol. The molecule has 0 saturated carbocycles. The number of aliphatic hydroxyl groups is 1. The molecule has 1 aromatic heterocycles. The molecule has 3 N–H and O–H groups in total. The van der Waals surface area contributed by atoms with Crippen LogP contribution in [0.2, 0.25) is 0 Å². The SMILES string of the molecule is Cc1ccc(C(=O)NCC(C)(O)C(F)(F)F)c(=O)[nH]1. The van der Waals surface area contributed by atoms with Gasteiger partial charge in [-0.2, -0.15) is 13.2 Å². The first kappa shape index (κ1) is 15.2. The molecule has 0 aliphatic carbocycles. The minimum atomic E-state index is -4.88. The summed E-state index contributed by atoms with van der Waals surface area (Å²) in [7, 11) is 0. The van der Waals surface area contributed by atoms with Crippen LogP contribution in [0.5, 0.6) is 0 Å². The van der Waals surface area contributed by atoms with Gasteiger partial charge in [-0.1, -0.05) is 0 Å². The topological polar surface area (TPSA) is 82.2 Å². The molecule has 0 aromatic carbocycles. The van der Waals surface area contributed by atoms with Crippen LogP contribution >= 0.6 is 0 Å². The van der Waals surface area contributed by atoms with Gasteiger partial charge >= 0.3 is 6.18 Å². The Hall–Kier alpha value is -1.83. The van der Waals surface area contributed by atoms with Crippen LogP contribution in [0.3, 0.4) is 0 Å². The van der Waals surface area contributed by atoms with Gasteiger partial charge in [0, 0.05) is 5.69 Å². The predicted octanol–water partition coefficient (Wildman–Crippen LogP) is 0.726. The van der Waals surface area contributed by atoms with Gasteiger partial charge in [0.1, 0.15) is 5.56 Å². The summed E-state index contributed by atoms with van der Waals surface area (Å²) in [5, 5.41) is 11.0. The number of aromatic amines is 1.